The van der Waals surface area contributed by atoms with E-state index in [-0.39, 0.29) is 17.7 Å². The molecule has 1 heterocycles. The minimum atomic E-state index is -0.633. The van der Waals surface area contributed by atoms with Crippen molar-refractivity contribution in [1.82, 2.24) is 15.5 Å². The van der Waals surface area contributed by atoms with E-state index in [4.69, 9.17) is 9.15 Å². The predicted octanol–water partition coefficient (Wildman–Crippen LogP) is 4.78. The van der Waals surface area contributed by atoms with E-state index >= 15 is 0 Å². The highest BCUT2D eigenvalue weighted by Crippen LogP contribution is 2.29. The zero-order chi connectivity index (χ0) is 22.1. The first-order valence-corrected chi connectivity index (χ1v) is 9.67. The normalized spacial score (nSPS) is 12.0. The quantitative estimate of drug-likeness (QED) is 0.574. The molecule has 0 aliphatic carbocycles. The largest absolute Gasteiger partial charge is 0.444 e. The highest BCUT2D eigenvalue weighted by atomic mass is 16.6. The first-order valence-electron chi connectivity index (χ1n) is 9.67. The molecule has 2 amide bonds. The molecule has 2 N–H and O–H groups in total. The number of benzene rings is 1. The highest BCUT2D eigenvalue weighted by molar-refractivity contribution is 5.94. The molecule has 0 aliphatic heterocycles. The van der Waals surface area contributed by atoms with E-state index in [9.17, 15) is 9.59 Å². The van der Waals surface area contributed by atoms with Gasteiger partial charge in [0.05, 0.1) is 11.3 Å². The minimum absolute atomic E-state index is 0.141. The Morgan fingerprint density at radius 3 is 2.60 bits per heavy atom. The van der Waals surface area contributed by atoms with E-state index in [0.29, 0.717) is 30.5 Å². The van der Waals surface area contributed by atoms with Crippen LogP contribution in [0.2, 0.25) is 0 Å². The monoisotopic (exact) mass is 412 g/mol. The van der Waals surface area contributed by atoms with Crippen molar-refractivity contribution in [3.63, 3.8) is 0 Å². The Hall–Kier alpha value is -3.42. The van der Waals surface area contributed by atoms with Gasteiger partial charge in [-0.05, 0) is 45.7 Å². The average molecular weight is 412 g/mol. The molecule has 0 saturated heterocycles. The van der Waals surface area contributed by atoms with Gasteiger partial charge in [0.15, 0.2) is 0 Å². The summed E-state index contributed by atoms with van der Waals surface area (Å²) in [5.74, 6) is 0.298. The van der Waals surface area contributed by atoms with Crippen molar-refractivity contribution in [3.8, 4) is 11.5 Å². The summed E-state index contributed by atoms with van der Waals surface area (Å²) in [6.07, 6.45) is 4.02. The molecule has 1 unspecified atom stereocenters. The van der Waals surface area contributed by atoms with Crippen LogP contribution < -0.4 is 10.6 Å². The first kappa shape index (κ1) is 22.9. The summed E-state index contributed by atoms with van der Waals surface area (Å²) in [5.41, 5.74) is 0.505. The van der Waals surface area contributed by atoms with Crippen LogP contribution in [0.25, 0.3) is 11.5 Å². The number of nitrogens with one attached hydrogen (secondary N) is 2. The maximum Gasteiger partial charge on any atom is 0.408 e. The second kappa shape index (κ2) is 10.4. The number of amides is 2. The Kier molecular flexibility index (Phi) is 7.91. The summed E-state index contributed by atoms with van der Waals surface area (Å²) in [6.45, 7) is 12.7. The number of hydrogen-bond acceptors (Lipinski definition) is 6. The lowest BCUT2D eigenvalue weighted by molar-refractivity contribution is -0.116. The fraction of sp³-hybridized carbons (Fsp3) is 0.364. The first-order chi connectivity index (χ1) is 14.2. The molecule has 1 aromatic heterocycles. The van der Waals surface area contributed by atoms with Crippen LogP contribution >= 0.6 is 0 Å². The zero-order valence-corrected chi connectivity index (χ0v) is 17.6. The van der Waals surface area contributed by atoms with Crippen molar-refractivity contribution in [1.29, 1.82) is 0 Å². The smallest absolute Gasteiger partial charge is 0.408 e. The van der Waals surface area contributed by atoms with Gasteiger partial charge in [-0.3, -0.25) is 4.79 Å². The van der Waals surface area contributed by atoms with Gasteiger partial charge in [0, 0.05) is 6.42 Å². The summed E-state index contributed by atoms with van der Waals surface area (Å²) < 4.78 is 11.1. The summed E-state index contributed by atoms with van der Waals surface area (Å²) in [5, 5.41) is 13.7. The zero-order valence-electron chi connectivity index (χ0n) is 17.6. The van der Waals surface area contributed by atoms with Crippen LogP contribution in [0.3, 0.4) is 0 Å². The van der Waals surface area contributed by atoms with Gasteiger partial charge in [-0.15, -0.1) is 23.4 Å². The molecule has 2 aromatic rings. The van der Waals surface area contributed by atoms with Crippen LogP contribution in [-0.2, 0) is 9.53 Å². The van der Waals surface area contributed by atoms with E-state index in [1.165, 1.54) is 0 Å². The second-order valence-corrected chi connectivity index (χ2v) is 7.59. The van der Waals surface area contributed by atoms with Crippen LogP contribution in [0.4, 0.5) is 10.5 Å². The maximum atomic E-state index is 12.1. The average Bonchev–Trinajstić information content (AvgIpc) is 3.15. The Bertz CT molecular complexity index is 899. The molecule has 1 aromatic carbocycles. The lowest BCUT2D eigenvalue weighted by Crippen LogP contribution is -2.35. The van der Waals surface area contributed by atoms with Crippen LogP contribution in [0.15, 0.2) is 54.0 Å². The molecular weight excluding hydrogens is 384 g/mol. The van der Waals surface area contributed by atoms with Crippen molar-refractivity contribution in [2.45, 2.75) is 51.7 Å². The number of alkyl carbamates (subject to hydrolysis) is 1. The van der Waals surface area contributed by atoms with Gasteiger partial charge in [0.25, 0.3) is 0 Å². The second-order valence-electron chi connectivity index (χ2n) is 7.59. The Labute approximate surface area is 176 Å². The number of hydrogen-bond donors (Lipinski definition) is 2. The highest BCUT2D eigenvalue weighted by Gasteiger charge is 2.24. The number of carbonyl (C=O) groups is 2. The number of para-hydroxylation sites is 1. The molecule has 8 nitrogen and oxygen atoms in total. The molecule has 1 atom stereocenters. The predicted molar refractivity (Wildman–Crippen MR) is 115 cm³/mol. The number of carbonyl (C=O) groups excluding carboxylic acids is 2. The summed E-state index contributed by atoms with van der Waals surface area (Å²) >= 11 is 0. The van der Waals surface area contributed by atoms with Gasteiger partial charge in [-0.2, -0.15) is 0 Å². The summed E-state index contributed by atoms with van der Waals surface area (Å²) in [7, 11) is 0. The third kappa shape index (κ3) is 6.88. The van der Waals surface area contributed by atoms with Crippen molar-refractivity contribution >= 4 is 17.7 Å². The van der Waals surface area contributed by atoms with Crippen molar-refractivity contribution in [3.05, 3.63) is 55.5 Å². The topological polar surface area (TPSA) is 106 Å². The number of rotatable bonds is 9. The SMILES string of the molecule is C=CCCC(=O)Nc1ccccc1-c1nnc(C(CC=C)NC(=O)OC(C)(C)C)o1. The number of aromatic nitrogens is 2. The standard InChI is InChI=1S/C22H28N4O4/c1-6-8-14-18(27)23-16-13-10-9-12-15(16)19-25-26-20(29-19)17(11-7-2)24-21(28)30-22(3,4)5/h6-7,9-10,12-13,17H,1-2,8,11,14H2,3-5H3,(H,23,27)(H,24,28). The number of anilines is 1. The molecule has 8 heteroatoms. The van der Waals surface area contributed by atoms with Crippen LogP contribution in [0.1, 0.15) is 52.0 Å². The maximum absolute atomic E-state index is 12.1. The van der Waals surface area contributed by atoms with Crippen LogP contribution in [0, 0.1) is 0 Å². The molecule has 0 saturated carbocycles. The van der Waals surface area contributed by atoms with E-state index in [2.05, 4.69) is 34.0 Å². The van der Waals surface area contributed by atoms with Crippen molar-refractivity contribution < 1.29 is 18.7 Å². The van der Waals surface area contributed by atoms with Gasteiger partial charge < -0.3 is 19.8 Å². The summed E-state index contributed by atoms with van der Waals surface area (Å²) in [4.78, 5) is 24.2. The number of nitrogens with zero attached hydrogens (tertiary/aromatic N) is 2. The third-order valence-electron chi connectivity index (χ3n) is 3.84. The Morgan fingerprint density at radius 2 is 1.93 bits per heavy atom. The van der Waals surface area contributed by atoms with Gasteiger partial charge >= 0.3 is 6.09 Å². The van der Waals surface area contributed by atoms with Crippen LogP contribution in [0.5, 0.6) is 0 Å². The molecule has 30 heavy (non-hydrogen) atoms. The van der Waals surface area contributed by atoms with Gasteiger partial charge in [-0.1, -0.05) is 24.3 Å². The fourth-order valence-electron chi connectivity index (χ4n) is 2.55. The molecule has 0 bridgehead atoms. The molecule has 0 aliphatic rings. The van der Waals surface area contributed by atoms with Gasteiger partial charge in [0.2, 0.25) is 17.7 Å². The lowest BCUT2D eigenvalue weighted by Gasteiger charge is -2.21. The summed E-state index contributed by atoms with van der Waals surface area (Å²) in [6, 6.07) is 6.54. The van der Waals surface area contributed by atoms with Gasteiger partial charge in [0.1, 0.15) is 11.6 Å². The fourth-order valence-corrected chi connectivity index (χ4v) is 2.55. The molecule has 160 valence electrons. The number of ether oxygens (including phenoxy) is 1. The van der Waals surface area contributed by atoms with Crippen LogP contribution in [-0.4, -0.2) is 27.8 Å². The molecule has 0 spiro atoms. The third-order valence-corrected chi connectivity index (χ3v) is 3.84. The van der Waals surface area contributed by atoms with Crippen molar-refractivity contribution in [2.75, 3.05) is 5.32 Å². The minimum Gasteiger partial charge on any atom is -0.444 e. The Balaban J connectivity index is 2.21. The van der Waals surface area contributed by atoms with Gasteiger partial charge in [-0.25, -0.2) is 4.79 Å². The molecule has 2 rings (SSSR count). The lowest BCUT2D eigenvalue weighted by atomic mass is 10.1. The van der Waals surface area contributed by atoms with E-state index in [1.807, 2.05) is 0 Å². The van der Waals surface area contributed by atoms with E-state index in [0.717, 1.165) is 0 Å². The van der Waals surface area contributed by atoms with Crippen molar-refractivity contribution in [2.24, 2.45) is 0 Å². The molecule has 0 radical (unpaired) electrons. The molecular formula is C22H28N4O4. The van der Waals surface area contributed by atoms with E-state index in [1.54, 1.807) is 57.2 Å². The number of allylic oxidation sites excluding steroid dienone is 1. The molecule has 0 fully saturated rings. The Morgan fingerprint density at radius 1 is 1.20 bits per heavy atom. The van der Waals surface area contributed by atoms with E-state index < -0.39 is 17.7 Å².